The van der Waals surface area contributed by atoms with Crippen molar-refractivity contribution in [1.82, 2.24) is 10.6 Å². The molecule has 2 N–H and O–H groups in total. The molecular weight excluding hydrogens is 124 g/mol. The minimum absolute atomic E-state index is 0.759. The van der Waals surface area contributed by atoms with E-state index in [1.54, 1.807) is 0 Å². The molecular formula is C8H16N2. The zero-order valence-electron chi connectivity index (χ0n) is 6.56. The van der Waals surface area contributed by atoms with Crippen LogP contribution in [0.3, 0.4) is 0 Å². The molecule has 10 heavy (non-hydrogen) atoms. The zero-order chi connectivity index (χ0) is 6.97. The third-order valence-electron chi connectivity index (χ3n) is 2.78. The molecule has 0 aromatic heterocycles. The van der Waals surface area contributed by atoms with E-state index in [4.69, 9.17) is 0 Å². The quantitative estimate of drug-likeness (QED) is 0.507. The Hall–Kier alpha value is -0.0800. The maximum absolute atomic E-state index is 3.59. The van der Waals surface area contributed by atoms with Crippen molar-refractivity contribution in [2.45, 2.75) is 31.8 Å². The summed E-state index contributed by atoms with van der Waals surface area (Å²) in [4.78, 5) is 0. The Labute approximate surface area is 62.4 Å². The molecule has 0 bridgehead atoms. The maximum atomic E-state index is 3.59. The van der Waals surface area contributed by atoms with Crippen LogP contribution in [-0.4, -0.2) is 25.2 Å². The van der Waals surface area contributed by atoms with E-state index >= 15 is 0 Å². The maximum Gasteiger partial charge on any atom is 0.0224 e. The first-order chi connectivity index (χ1) is 4.86. The van der Waals surface area contributed by atoms with E-state index in [1.165, 1.54) is 25.9 Å². The van der Waals surface area contributed by atoms with Crippen molar-refractivity contribution in [3.63, 3.8) is 0 Å². The van der Waals surface area contributed by atoms with E-state index in [-0.39, 0.29) is 0 Å². The molecule has 2 saturated heterocycles. The van der Waals surface area contributed by atoms with E-state index in [0.29, 0.717) is 0 Å². The Bertz CT molecular complexity index is 110. The van der Waals surface area contributed by atoms with Gasteiger partial charge in [0.05, 0.1) is 0 Å². The SMILES string of the molecule is CC1CC2CCNCC2N1. The van der Waals surface area contributed by atoms with Gasteiger partial charge in [0.2, 0.25) is 0 Å². The first-order valence-corrected chi connectivity index (χ1v) is 4.33. The minimum Gasteiger partial charge on any atom is -0.315 e. The number of fused-ring (bicyclic) bond motifs is 1. The normalized spacial score (nSPS) is 47.1. The summed E-state index contributed by atoms with van der Waals surface area (Å²) in [6, 6.07) is 1.54. The summed E-state index contributed by atoms with van der Waals surface area (Å²) in [5, 5.41) is 7.01. The topological polar surface area (TPSA) is 24.1 Å². The zero-order valence-corrected chi connectivity index (χ0v) is 6.56. The van der Waals surface area contributed by atoms with Gasteiger partial charge in [-0.3, -0.25) is 0 Å². The molecule has 0 spiro atoms. The fraction of sp³-hybridized carbons (Fsp3) is 1.00. The molecule has 3 unspecified atom stereocenters. The van der Waals surface area contributed by atoms with Gasteiger partial charge in [-0.1, -0.05) is 0 Å². The fourth-order valence-corrected chi connectivity index (χ4v) is 2.28. The first-order valence-electron chi connectivity index (χ1n) is 4.33. The summed E-state index contributed by atoms with van der Waals surface area (Å²) >= 11 is 0. The second kappa shape index (κ2) is 2.51. The van der Waals surface area contributed by atoms with E-state index in [0.717, 1.165) is 18.0 Å². The lowest BCUT2D eigenvalue weighted by Gasteiger charge is -2.25. The van der Waals surface area contributed by atoms with Crippen LogP contribution in [0.4, 0.5) is 0 Å². The molecule has 2 aliphatic heterocycles. The molecule has 2 heteroatoms. The number of hydrogen-bond donors (Lipinski definition) is 2. The van der Waals surface area contributed by atoms with Crippen LogP contribution < -0.4 is 10.6 Å². The molecule has 0 saturated carbocycles. The van der Waals surface area contributed by atoms with Crippen LogP contribution in [0, 0.1) is 5.92 Å². The highest BCUT2D eigenvalue weighted by atomic mass is 15.1. The van der Waals surface area contributed by atoms with Gasteiger partial charge in [0.1, 0.15) is 0 Å². The minimum atomic E-state index is 0.759. The highest BCUT2D eigenvalue weighted by Gasteiger charge is 2.32. The summed E-state index contributed by atoms with van der Waals surface area (Å²) in [7, 11) is 0. The summed E-state index contributed by atoms with van der Waals surface area (Å²) in [5.41, 5.74) is 0. The third kappa shape index (κ3) is 1.06. The molecule has 2 nitrogen and oxygen atoms in total. The highest BCUT2D eigenvalue weighted by Crippen LogP contribution is 2.24. The number of nitrogens with one attached hydrogen (secondary N) is 2. The Morgan fingerprint density at radius 2 is 2.30 bits per heavy atom. The van der Waals surface area contributed by atoms with E-state index in [1.807, 2.05) is 0 Å². The predicted octanol–water partition coefficient (Wildman–Crippen LogP) is 0.346. The van der Waals surface area contributed by atoms with Crippen LogP contribution in [0.25, 0.3) is 0 Å². The van der Waals surface area contributed by atoms with Crippen molar-refractivity contribution in [2.24, 2.45) is 5.92 Å². The summed E-state index contributed by atoms with van der Waals surface area (Å²) in [5.74, 6) is 0.969. The van der Waals surface area contributed by atoms with E-state index in [9.17, 15) is 0 Å². The molecule has 0 aromatic rings. The number of hydrogen-bond acceptors (Lipinski definition) is 2. The highest BCUT2D eigenvalue weighted by molar-refractivity contribution is 4.92. The van der Waals surface area contributed by atoms with Crippen molar-refractivity contribution in [1.29, 1.82) is 0 Å². The van der Waals surface area contributed by atoms with Crippen LogP contribution >= 0.6 is 0 Å². The smallest absolute Gasteiger partial charge is 0.0224 e. The molecule has 2 heterocycles. The van der Waals surface area contributed by atoms with Crippen molar-refractivity contribution in [3.05, 3.63) is 0 Å². The third-order valence-corrected chi connectivity index (χ3v) is 2.78. The number of rotatable bonds is 0. The predicted molar refractivity (Wildman–Crippen MR) is 42.0 cm³/mol. The monoisotopic (exact) mass is 140 g/mol. The number of piperidine rings is 1. The Morgan fingerprint density at radius 3 is 3.10 bits per heavy atom. The molecule has 0 amide bonds. The van der Waals surface area contributed by atoms with Gasteiger partial charge in [-0.2, -0.15) is 0 Å². The lowest BCUT2D eigenvalue weighted by Crippen LogP contribution is -2.44. The molecule has 2 rings (SSSR count). The van der Waals surface area contributed by atoms with Gasteiger partial charge in [-0.15, -0.1) is 0 Å². The standard InChI is InChI=1S/C8H16N2/c1-6-4-7-2-3-9-5-8(7)10-6/h6-10H,2-5H2,1H3. The van der Waals surface area contributed by atoms with E-state index in [2.05, 4.69) is 17.6 Å². The van der Waals surface area contributed by atoms with E-state index < -0.39 is 0 Å². The summed E-state index contributed by atoms with van der Waals surface area (Å²) < 4.78 is 0. The lowest BCUT2D eigenvalue weighted by molar-refractivity contribution is 0.343. The second-order valence-electron chi connectivity index (χ2n) is 3.66. The van der Waals surface area contributed by atoms with Crippen molar-refractivity contribution in [2.75, 3.05) is 13.1 Å². The van der Waals surface area contributed by atoms with Crippen LogP contribution in [0.2, 0.25) is 0 Å². The molecule has 2 aliphatic rings. The van der Waals surface area contributed by atoms with Gasteiger partial charge in [-0.25, -0.2) is 0 Å². The van der Waals surface area contributed by atoms with Crippen LogP contribution in [-0.2, 0) is 0 Å². The largest absolute Gasteiger partial charge is 0.315 e. The Balaban J connectivity index is 1.97. The second-order valence-corrected chi connectivity index (χ2v) is 3.66. The molecule has 2 fully saturated rings. The van der Waals surface area contributed by atoms with Crippen molar-refractivity contribution in [3.8, 4) is 0 Å². The Morgan fingerprint density at radius 1 is 1.40 bits per heavy atom. The van der Waals surface area contributed by atoms with Gasteiger partial charge < -0.3 is 10.6 Å². The van der Waals surface area contributed by atoms with Gasteiger partial charge in [-0.05, 0) is 32.2 Å². The molecule has 0 aliphatic carbocycles. The van der Waals surface area contributed by atoms with Gasteiger partial charge in [0.15, 0.2) is 0 Å². The molecule has 3 atom stereocenters. The molecule has 0 aromatic carbocycles. The summed E-state index contributed by atoms with van der Waals surface area (Å²) in [6.07, 6.45) is 2.77. The first kappa shape index (κ1) is 6.62. The Kier molecular flexibility index (Phi) is 1.66. The fourth-order valence-electron chi connectivity index (χ4n) is 2.28. The molecule has 0 radical (unpaired) electrons. The molecule has 58 valence electrons. The van der Waals surface area contributed by atoms with Gasteiger partial charge >= 0.3 is 0 Å². The van der Waals surface area contributed by atoms with Crippen LogP contribution in [0.1, 0.15) is 19.8 Å². The van der Waals surface area contributed by atoms with Gasteiger partial charge in [0.25, 0.3) is 0 Å². The average molecular weight is 140 g/mol. The van der Waals surface area contributed by atoms with Gasteiger partial charge in [0, 0.05) is 18.6 Å². The van der Waals surface area contributed by atoms with Crippen LogP contribution in [0.5, 0.6) is 0 Å². The van der Waals surface area contributed by atoms with Crippen molar-refractivity contribution < 1.29 is 0 Å². The van der Waals surface area contributed by atoms with Crippen molar-refractivity contribution >= 4 is 0 Å². The van der Waals surface area contributed by atoms with Crippen LogP contribution in [0.15, 0.2) is 0 Å². The summed E-state index contributed by atoms with van der Waals surface area (Å²) in [6.45, 7) is 4.71. The average Bonchev–Trinajstić information content (AvgIpc) is 2.27. The lowest BCUT2D eigenvalue weighted by atomic mass is 9.93.